The van der Waals surface area contributed by atoms with Gasteiger partial charge in [-0.25, -0.2) is 9.97 Å². The molecule has 1 aliphatic heterocycles. The van der Waals surface area contributed by atoms with Gasteiger partial charge in [0.15, 0.2) is 0 Å². The molecule has 1 atom stereocenters. The third kappa shape index (κ3) is 5.19. The Hall–Kier alpha value is -2.51. The van der Waals surface area contributed by atoms with Crippen molar-refractivity contribution in [3.05, 3.63) is 30.2 Å². The maximum atomic E-state index is 9.50. The first-order valence-electron chi connectivity index (χ1n) is 11.6. The largest absolute Gasteiger partial charge is 0.383 e. The zero-order valence-electron chi connectivity index (χ0n) is 20.1. The Balaban J connectivity index is 1.81. The summed E-state index contributed by atoms with van der Waals surface area (Å²) in [5, 5.41) is 15.0. The highest BCUT2D eigenvalue weighted by Gasteiger charge is 2.26. The van der Waals surface area contributed by atoms with E-state index >= 15 is 0 Å². The van der Waals surface area contributed by atoms with Crippen LogP contribution in [0.25, 0.3) is 21.9 Å². The minimum Gasteiger partial charge on any atom is -0.383 e. The molecule has 3 aromatic rings. The number of nitriles is 1. The van der Waals surface area contributed by atoms with Crippen molar-refractivity contribution in [1.29, 1.82) is 5.26 Å². The van der Waals surface area contributed by atoms with E-state index in [0.717, 1.165) is 66.3 Å². The Morgan fingerprint density at radius 1 is 1.30 bits per heavy atom. The molecule has 1 aliphatic rings. The Morgan fingerprint density at radius 2 is 2.15 bits per heavy atom. The van der Waals surface area contributed by atoms with Gasteiger partial charge >= 0.3 is 0 Å². The normalized spacial score (nSPS) is 16.5. The van der Waals surface area contributed by atoms with Crippen molar-refractivity contribution in [3.8, 4) is 6.07 Å². The number of ether oxygens (including phenoxy) is 2. The predicted molar refractivity (Wildman–Crippen MR) is 134 cm³/mol. The molecule has 4 rings (SSSR count). The van der Waals surface area contributed by atoms with Crippen molar-refractivity contribution in [3.63, 3.8) is 0 Å². The molecule has 0 aromatic carbocycles. The number of aromatic nitrogens is 3. The number of hydrogen-bond acceptors (Lipinski definition) is 7. The minimum atomic E-state index is -1.17. The minimum absolute atomic E-state index is 0.384. The number of fused-ring (bicyclic) bond motifs is 3. The highest BCUT2D eigenvalue weighted by atomic mass is 28.3. The van der Waals surface area contributed by atoms with Gasteiger partial charge in [-0.1, -0.05) is 19.6 Å². The van der Waals surface area contributed by atoms with E-state index < -0.39 is 8.07 Å². The first-order valence-corrected chi connectivity index (χ1v) is 15.3. The maximum absolute atomic E-state index is 9.50. The summed E-state index contributed by atoms with van der Waals surface area (Å²) in [4.78, 5) is 11.5. The lowest BCUT2D eigenvalue weighted by Crippen LogP contribution is -2.39. The van der Waals surface area contributed by atoms with E-state index in [1.54, 1.807) is 13.3 Å². The van der Waals surface area contributed by atoms with Gasteiger partial charge in [-0.05, 0) is 31.1 Å². The molecule has 0 spiro atoms. The van der Waals surface area contributed by atoms with E-state index in [2.05, 4.69) is 51.5 Å². The van der Waals surface area contributed by atoms with Crippen molar-refractivity contribution in [2.45, 2.75) is 44.9 Å². The number of nitrogens with zero attached hydrogens (tertiary/aromatic N) is 5. The molecule has 3 aromatic heterocycles. The lowest BCUT2D eigenvalue weighted by molar-refractivity contribution is 0.0925. The third-order valence-corrected chi connectivity index (χ3v) is 7.96. The van der Waals surface area contributed by atoms with Gasteiger partial charge in [0.2, 0.25) is 0 Å². The SMILES string of the molecule is COCCN(c1ccnc2c1c1cc(C#N)ncc1n2COCC[Si](C)(C)C)[C@H]1CCNC1. The maximum Gasteiger partial charge on any atom is 0.145 e. The van der Waals surface area contributed by atoms with Crippen LogP contribution >= 0.6 is 0 Å². The van der Waals surface area contributed by atoms with Crippen LogP contribution in [0.3, 0.4) is 0 Å². The molecule has 1 N–H and O–H groups in total. The first-order chi connectivity index (χ1) is 15.9. The smallest absolute Gasteiger partial charge is 0.145 e. The molecule has 0 amide bonds. The second-order valence-corrected chi connectivity index (χ2v) is 15.5. The molecule has 0 bridgehead atoms. The van der Waals surface area contributed by atoms with E-state index in [-0.39, 0.29) is 0 Å². The van der Waals surface area contributed by atoms with Crippen molar-refractivity contribution in [1.82, 2.24) is 19.9 Å². The summed E-state index contributed by atoms with van der Waals surface area (Å²) in [6, 6.07) is 7.64. The summed E-state index contributed by atoms with van der Waals surface area (Å²) in [6.45, 7) is 11.6. The fourth-order valence-electron chi connectivity index (χ4n) is 4.44. The topological polar surface area (TPSA) is 88.2 Å². The molecule has 1 fully saturated rings. The lowest BCUT2D eigenvalue weighted by Gasteiger charge is -2.31. The van der Waals surface area contributed by atoms with Crippen molar-refractivity contribution in [2.24, 2.45) is 0 Å². The van der Waals surface area contributed by atoms with Crippen LogP contribution in [0, 0.1) is 11.3 Å². The standard InChI is InChI=1S/C24H34N6O2Si/c1-31-10-9-29(19-5-7-26-15-19)21-6-8-27-24-23(21)20-13-18(14-25)28-16-22(20)30(24)17-32-11-12-33(2,3)4/h6,8,13,16,19,26H,5,7,9-12,15,17H2,1-4H3/t19-/m0/s1. The number of anilines is 1. The van der Waals surface area contributed by atoms with Crippen LogP contribution in [0.1, 0.15) is 12.1 Å². The van der Waals surface area contributed by atoms with Crippen LogP contribution in [0.2, 0.25) is 25.7 Å². The van der Waals surface area contributed by atoms with Gasteiger partial charge in [0.1, 0.15) is 24.1 Å². The molecule has 176 valence electrons. The summed E-state index contributed by atoms with van der Waals surface area (Å²) in [6.07, 6.45) is 4.73. The highest BCUT2D eigenvalue weighted by molar-refractivity contribution is 6.76. The average Bonchev–Trinajstić information content (AvgIpc) is 3.43. The molecule has 0 radical (unpaired) electrons. The van der Waals surface area contributed by atoms with Crippen LogP contribution < -0.4 is 10.2 Å². The van der Waals surface area contributed by atoms with Gasteiger partial charge in [0.25, 0.3) is 0 Å². The van der Waals surface area contributed by atoms with Crippen LogP contribution in [0.15, 0.2) is 24.5 Å². The van der Waals surface area contributed by atoms with Crippen LogP contribution in [-0.2, 0) is 16.2 Å². The second-order valence-electron chi connectivity index (χ2n) is 9.84. The highest BCUT2D eigenvalue weighted by Crippen LogP contribution is 2.36. The Labute approximate surface area is 196 Å². The molecule has 4 heterocycles. The van der Waals surface area contributed by atoms with Gasteiger partial charge in [-0.2, -0.15) is 5.26 Å². The number of methoxy groups -OCH3 is 1. The van der Waals surface area contributed by atoms with Gasteiger partial charge < -0.3 is 19.7 Å². The monoisotopic (exact) mass is 466 g/mol. The number of hydrogen-bond donors (Lipinski definition) is 1. The Bertz CT molecular complexity index is 1140. The van der Waals surface area contributed by atoms with Gasteiger partial charge in [-0.15, -0.1) is 0 Å². The van der Waals surface area contributed by atoms with Crippen molar-refractivity contribution >= 4 is 35.7 Å². The quantitative estimate of drug-likeness (QED) is 0.361. The van der Waals surface area contributed by atoms with E-state index in [4.69, 9.17) is 14.5 Å². The van der Waals surface area contributed by atoms with E-state index in [1.165, 1.54) is 0 Å². The first kappa shape index (κ1) is 23.6. The van der Waals surface area contributed by atoms with Crippen LogP contribution in [-0.4, -0.2) is 68.6 Å². The average molecular weight is 467 g/mol. The van der Waals surface area contributed by atoms with Crippen molar-refractivity contribution in [2.75, 3.05) is 44.9 Å². The zero-order valence-corrected chi connectivity index (χ0v) is 21.1. The molecule has 0 saturated carbocycles. The van der Waals surface area contributed by atoms with E-state index in [1.807, 2.05) is 12.3 Å². The summed E-state index contributed by atoms with van der Waals surface area (Å²) in [5.41, 5.74) is 3.32. The van der Waals surface area contributed by atoms with E-state index in [0.29, 0.717) is 25.1 Å². The fourth-order valence-corrected chi connectivity index (χ4v) is 5.20. The molecule has 9 heteroatoms. The summed E-state index contributed by atoms with van der Waals surface area (Å²) in [5.74, 6) is 0. The molecular formula is C24H34N6O2Si. The fraction of sp³-hybridized carbons (Fsp3) is 0.542. The Kier molecular flexibility index (Phi) is 7.29. The molecule has 33 heavy (non-hydrogen) atoms. The summed E-state index contributed by atoms with van der Waals surface area (Å²) in [7, 11) is 0.564. The zero-order chi connectivity index (χ0) is 23.4. The van der Waals surface area contributed by atoms with Crippen LogP contribution in [0.4, 0.5) is 5.69 Å². The van der Waals surface area contributed by atoms with E-state index in [9.17, 15) is 5.26 Å². The summed E-state index contributed by atoms with van der Waals surface area (Å²) >= 11 is 0. The lowest BCUT2D eigenvalue weighted by atomic mass is 10.1. The molecule has 0 unspecified atom stereocenters. The van der Waals surface area contributed by atoms with Gasteiger partial charge in [0, 0.05) is 52.5 Å². The van der Waals surface area contributed by atoms with Crippen LogP contribution in [0.5, 0.6) is 0 Å². The predicted octanol–water partition coefficient (Wildman–Crippen LogP) is 3.58. The molecule has 1 saturated heterocycles. The summed E-state index contributed by atoms with van der Waals surface area (Å²) < 4.78 is 13.6. The van der Waals surface area contributed by atoms with Gasteiger partial charge in [0.05, 0.1) is 29.4 Å². The van der Waals surface area contributed by atoms with Crippen molar-refractivity contribution < 1.29 is 9.47 Å². The third-order valence-electron chi connectivity index (χ3n) is 6.26. The Morgan fingerprint density at radius 3 is 2.85 bits per heavy atom. The number of nitrogens with one attached hydrogen (secondary N) is 1. The second kappa shape index (κ2) is 10.2. The number of rotatable bonds is 10. The molecular weight excluding hydrogens is 432 g/mol. The molecule has 8 nitrogen and oxygen atoms in total. The van der Waals surface area contributed by atoms with Gasteiger partial charge in [-0.3, -0.25) is 4.57 Å². The molecule has 0 aliphatic carbocycles. The number of pyridine rings is 2.